The van der Waals surface area contributed by atoms with Gasteiger partial charge in [0, 0.05) is 22.5 Å². The molecule has 1 atom stereocenters. The fourth-order valence-corrected chi connectivity index (χ4v) is 1.82. The zero-order valence-electron chi connectivity index (χ0n) is 9.98. The molecule has 17 heavy (non-hydrogen) atoms. The van der Waals surface area contributed by atoms with Crippen LogP contribution in [0.5, 0.6) is 5.75 Å². The van der Waals surface area contributed by atoms with E-state index in [1.54, 1.807) is 19.2 Å². The molecule has 1 aromatic carbocycles. The van der Waals surface area contributed by atoms with Crippen LogP contribution in [0.4, 0.5) is 5.69 Å². The number of halogens is 1. The summed E-state index contributed by atoms with van der Waals surface area (Å²) in [6.07, 6.45) is 2.75. The Morgan fingerprint density at radius 2 is 2.24 bits per heavy atom. The molecule has 1 unspecified atom stereocenters. The molecule has 0 aliphatic carbocycles. The van der Waals surface area contributed by atoms with E-state index in [0.717, 1.165) is 24.8 Å². The summed E-state index contributed by atoms with van der Waals surface area (Å²) in [5.74, 6) is 0.714. The zero-order valence-corrected chi connectivity index (χ0v) is 11.6. The molecule has 4 nitrogen and oxygen atoms in total. The first kappa shape index (κ1) is 14.0. The van der Waals surface area contributed by atoms with Gasteiger partial charge in [-0.05, 0) is 25.3 Å². The number of non-ortho nitro benzene ring substituents is 1. The lowest BCUT2D eigenvalue weighted by atomic mass is 10.1. The van der Waals surface area contributed by atoms with E-state index >= 15 is 0 Å². The van der Waals surface area contributed by atoms with E-state index in [2.05, 4.69) is 22.9 Å². The Kier molecular flexibility index (Phi) is 5.41. The van der Waals surface area contributed by atoms with Crippen molar-refractivity contribution in [3.63, 3.8) is 0 Å². The lowest BCUT2D eigenvalue weighted by Crippen LogP contribution is -2.01. The lowest BCUT2D eigenvalue weighted by molar-refractivity contribution is -0.384. The molecule has 0 aromatic heterocycles. The van der Waals surface area contributed by atoms with Crippen molar-refractivity contribution in [2.45, 2.75) is 31.0 Å². The Morgan fingerprint density at radius 3 is 2.76 bits per heavy atom. The molecule has 0 spiro atoms. The van der Waals surface area contributed by atoms with Crippen LogP contribution >= 0.6 is 15.9 Å². The molecule has 1 rings (SSSR count). The highest BCUT2D eigenvalue weighted by Crippen LogP contribution is 2.26. The maximum absolute atomic E-state index is 10.7. The number of hydrogen-bond donors (Lipinski definition) is 0. The molecule has 0 amide bonds. The van der Waals surface area contributed by atoms with Crippen LogP contribution < -0.4 is 4.74 Å². The van der Waals surface area contributed by atoms with Crippen LogP contribution in [0.2, 0.25) is 0 Å². The van der Waals surface area contributed by atoms with Gasteiger partial charge in [-0.15, -0.1) is 0 Å². The van der Waals surface area contributed by atoms with Crippen LogP contribution in [-0.4, -0.2) is 16.9 Å². The van der Waals surface area contributed by atoms with E-state index in [1.807, 2.05) is 0 Å². The van der Waals surface area contributed by atoms with Crippen molar-refractivity contribution in [2.75, 3.05) is 7.11 Å². The Morgan fingerprint density at radius 1 is 1.53 bits per heavy atom. The minimum Gasteiger partial charge on any atom is -0.496 e. The maximum atomic E-state index is 10.7. The summed E-state index contributed by atoms with van der Waals surface area (Å²) in [7, 11) is 1.58. The van der Waals surface area contributed by atoms with E-state index in [-0.39, 0.29) is 10.6 Å². The number of nitro benzene ring substituents is 1. The SMILES string of the molecule is CCC(Br)CCc1cc([N+](=O)[O-])ccc1OC. The van der Waals surface area contributed by atoms with E-state index in [9.17, 15) is 10.1 Å². The zero-order chi connectivity index (χ0) is 12.8. The first-order valence-corrected chi connectivity index (χ1v) is 6.45. The minimum absolute atomic E-state index is 0.114. The molecule has 0 aliphatic rings. The second kappa shape index (κ2) is 6.59. The number of ether oxygens (including phenoxy) is 1. The molecule has 0 radical (unpaired) electrons. The predicted octanol–water partition coefficient (Wildman–Crippen LogP) is 3.71. The Hall–Kier alpha value is -1.10. The van der Waals surface area contributed by atoms with Gasteiger partial charge in [0.15, 0.2) is 0 Å². The molecule has 0 bridgehead atoms. The van der Waals surface area contributed by atoms with Crippen molar-refractivity contribution in [1.29, 1.82) is 0 Å². The average molecular weight is 302 g/mol. The summed E-state index contributed by atoms with van der Waals surface area (Å²) in [5, 5.41) is 10.7. The quantitative estimate of drug-likeness (QED) is 0.457. The summed E-state index contributed by atoms with van der Waals surface area (Å²) in [5.41, 5.74) is 1.00. The van der Waals surface area contributed by atoms with Crippen molar-refractivity contribution >= 4 is 21.6 Å². The van der Waals surface area contributed by atoms with Crippen LogP contribution in [0, 0.1) is 10.1 Å². The number of benzene rings is 1. The molecule has 0 saturated carbocycles. The summed E-state index contributed by atoms with van der Waals surface area (Å²) < 4.78 is 5.21. The third-order valence-corrected chi connectivity index (χ3v) is 3.75. The number of hydrogen-bond acceptors (Lipinski definition) is 3. The van der Waals surface area contributed by atoms with E-state index in [4.69, 9.17) is 4.74 Å². The largest absolute Gasteiger partial charge is 0.496 e. The second-order valence-corrected chi connectivity index (χ2v) is 5.09. The van der Waals surface area contributed by atoms with Crippen molar-refractivity contribution in [3.8, 4) is 5.75 Å². The van der Waals surface area contributed by atoms with Gasteiger partial charge >= 0.3 is 0 Å². The van der Waals surface area contributed by atoms with Gasteiger partial charge in [0.05, 0.1) is 12.0 Å². The topological polar surface area (TPSA) is 52.4 Å². The highest BCUT2D eigenvalue weighted by molar-refractivity contribution is 9.09. The lowest BCUT2D eigenvalue weighted by Gasteiger charge is -2.10. The van der Waals surface area contributed by atoms with Crippen molar-refractivity contribution in [1.82, 2.24) is 0 Å². The van der Waals surface area contributed by atoms with Crippen LogP contribution in [0.25, 0.3) is 0 Å². The van der Waals surface area contributed by atoms with Gasteiger partial charge in [0.25, 0.3) is 5.69 Å². The van der Waals surface area contributed by atoms with Crippen LogP contribution in [0.15, 0.2) is 18.2 Å². The van der Waals surface area contributed by atoms with Gasteiger partial charge in [-0.3, -0.25) is 10.1 Å². The number of rotatable bonds is 6. The predicted molar refractivity (Wildman–Crippen MR) is 71.0 cm³/mol. The minimum atomic E-state index is -0.381. The fraction of sp³-hybridized carbons (Fsp3) is 0.500. The summed E-state index contributed by atoms with van der Waals surface area (Å²) >= 11 is 3.55. The highest BCUT2D eigenvalue weighted by atomic mass is 79.9. The summed E-state index contributed by atoms with van der Waals surface area (Å²) in [6, 6.07) is 4.71. The monoisotopic (exact) mass is 301 g/mol. The number of nitro groups is 1. The normalized spacial score (nSPS) is 12.2. The Labute approximate surface area is 109 Å². The Balaban J connectivity index is 2.86. The van der Waals surface area contributed by atoms with Crippen LogP contribution in [0.3, 0.4) is 0 Å². The molecule has 5 heteroatoms. The molecule has 0 aliphatic heterocycles. The van der Waals surface area contributed by atoms with Crippen molar-refractivity contribution in [2.24, 2.45) is 0 Å². The van der Waals surface area contributed by atoms with Gasteiger partial charge in [-0.25, -0.2) is 0 Å². The van der Waals surface area contributed by atoms with Crippen molar-refractivity contribution in [3.05, 3.63) is 33.9 Å². The molecule has 0 N–H and O–H groups in total. The smallest absolute Gasteiger partial charge is 0.269 e. The first-order valence-electron chi connectivity index (χ1n) is 5.53. The van der Waals surface area contributed by atoms with Crippen molar-refractivity contribution < 1.29 is 9.66 Å². The van der Waals surface area contributed by atoms with Gasteiger partial charge in [0.2, 0.25) is 0 Å². The molecule has 1 aromatic rings. The Bertz CT molecular complexity index is 395. The summed E-state index contributed by atoms with van der Waals surface area (Å²) in [4.78, 5) is 10.8. The number of methoxy groups -OCH3 is 1. The van der Waals surface area contributed by atoms with Gasteiger partial charge < -0.3 is 4.74 Å². The summed E-state index contributed by atoms with van der Waals surface area (Å²) in [6.45, 7) is 2.10. The molecular formula is C12H16BrNO3. The average Bonchev–Trinajstić information content (AvgIpc) is 2.35. The first-order chi connectivity index (χ1) is 8.08. The number of aryl methyl sites for hydroxylation is 1. The van der Waals surface area contributed by atoms with Crippen LogP contribution in [0.1, 0.15) is 25.3 Å². The van der Waals surface area contributed by atoms with E-state index in [0.29, 0.717) is 10.6 Å². The second-order valence-electron chi connectivity index (χ2n) is 3.80. The highest BCUT2D eigenvalue weighted by Gasteiger charge is 2.12. The van der Waals surface area contributed by atoms with E-state index < -0.39 is 0 Å². The molecule has 0 fully saturated rings. The third-order valence-electron chi connectivity index (χ3n) is 2.64. The number of nitrogens with zero attached hydrogens (tertiary/aromatic N) is 1. The standard InChI is InChI=1S/C12H16BrNO3/c1-3-10(13)5-4-9-8-11(14(15)16)6-7-12(9)17-2/h6-8,10H,3-5H2,1-2H3. The van der Waals surface area contributed by atoms with Gasteiger partial charge in [0.1, 0.15) is 5.75 Å². The number of alkyl halides is 1. The molecular weight excluding hydrogens is 286 g/mol. The molecule has 0 saturated heterocycles. The maximum Gasteiger partial charge on any atom is 0.269 e. The third kappa shape index (κ3) is 4.00. The van der Waals surface area contributed by atoms with E-state index in [1.165, 1.54) is 6.07 Å². The molecule has 94 valence electrons. The van der Waals surface area contributed by atoms with Crippen LogP contribution in [-0.2, 0) is 6.42 Å². The fourth-order valence-electron chi connectivity index (χ4n) is 1.59. The molecule has 0 heterocycles. The van der Waals surface area contributed by atoms with Gasteiger partial charge in [-0.2, -0.15) is 0 Å². The van der Waals surface area contributed by atoms with Gasteiger partial charge in [-0.1, -0.05) is 22.9 Å².